The van der Waals surface area contributed by atoms with Gasteiger partial charge in [-0.25, -0.2) is 0 Å². The average molecular weight is 192 g/mol. The molecule has 1 fully saturated rings. The maximum Gasteiger partial charge on any atom is 0.119 e. The molecule has 2 unspecified atom stereocenters. The molecule has 0 spiro atoms. The van der Waals surface area contributed by atoms with E-state index in [1.807, 2.05) is 12.1 Å². The fraction of sp³-hybridized carbons (Fsp3) is 0.500. The molecule has 2 nitrogen and oxygen atoms in total. The molecule has 1 aliphatic heterocycles. The summed E-state index contributed by atoms with van der Waals surface area (Å²) >= 11 is 0. The van der Waals surface area contributed by atoms with Crippen molar-refractivity contribution < 1.29 is 9.47 Å². The molecule has 0 radical (unpaired) electrons. The van der Waals surface area contributed by atoms with Crippen molar-refractivity contribution in [2.45, 2.75) is 32.0 Å². The molecule has 0 bridgehead atoms. The van der Waals surface area contributed by atoms with Gasteiger partial charge in [0.2, 0.25) is 0 Å². The van der Waals surface area contributed by atoms with Crippen LogP contribution in [0.1, 0.15) is 31.4 Å². The molecule has 2 heteroatoms. The predicted octanol–water partition coefficient (Wildman–Crippen LogP) is 2.94. The molecule has 76 valence electrons. The van der Waals surface area contributed by atoms with Gasteiger partial charge in [-0.3, -0.25) is 0 Å². The molecule has 0 N–H and O–H groups in total. The highest BCUT2D eigenvalue weighted by atomic mass is 16.5. The smallest absolute Gasteiger partial charge is 0.119 e. The third kappa shape index (κ3) is 1.90. The molecule has 14 heavy (non-hydrogen) atoms. The van der Waals surface area contributed by atoms with E-state index in [4.69, 9.17) is 9.47 Å². The third-order valence-corrected chi connectivity index (χ3v) is 2.70. The van der Waals surface area contributed by atoms with Gasteiger partial charge >= 0.3 is 0 Å². The first-order valence-electron chi connectivity index (χ1n) is 5.09. The highest BCUT2D eigenvalue weighted by molar-refractivity contribution is 5.30. The van der Waals surface area contributed by atoms with Crippen LogP contribution in [0.25, 0.3) is 0 Å². The summed E-state index contributed by atoms with van der Waals surface area (Å²) in [6.45, 7) is 2.13. The first-order valence-corrected chi connectivity index (χ1v) is 5.09. The SMILES string of the molecule is COc1cccc(C2CCC(C)O2)c1. The molecule has 0 saturated carbocycles. The lowest BCUT2D eigenvalue weighted by Crippen LogP contribution is -2.00. The van der Waals surface area contributed by atoms with Crippen LogP contribution in [0.3, 0.4) is 0 Å². The van der Waals surface area contributed by atoms with E-state index in [0.29, 0.717) is 6.10 Å². The van der Waals surface area contributed by atoms with Crippen molar-refractivity contribution in [1.29, 1.82) is 0 Å². The lowest BCUT2D eigenvalue weighted by Gasteiger charge is -2.12. The van der Waals surface area contributed by atoms with Crippen molar-refractivity contribution in [1.82, 2.24) is 0 Å². The molecule has 0 aliphatic carbocycles. The molecule has 1 aromatic carbocycles. The minimum Gasteiger partial charge on any atom is -0.497 e. The van der Waals surface area contributed by atoms with Gasteiger partial charge in [0.1, 0.15) is 5.75 Å². The van der Waals surface area contributed by atoms with Crippen molar-refractivity contribution in [2.75, 3.05) is 7.11 Å². The van der Waals surface area contributed by atoms with Gasteiger partial charge in [-0.15, -0.1) is 0 Å². The Morgan fingerprint density at radius 3 is 2.86 bits per heavy atom. The summed E-state index contributed by atoms with van der Waals surface area (Å²) in [7, 11) is 1.69. The minimum atomic E-state index is 0.264. The fourth-order valence-corrected chi connectivity index (χ4v) is 1.89. The molecule has 1 aliphatic rings. The van der Waals surface area contributed by atoms with Gasteiger partial charge in [0.05, 0.1) is 19.3 Å². The molecular weight excluding hydrogens is 176 g/mol. The average Bonchev–Trinajstić information content (AvgIpc) is 2.65. The van der Waals surface area contributed by atoms with E-state index in [9.17, 15) is 0 Å². The van der Waals surface area contributed by atoms with E-state index in [1.165, 1.54) is 5.56 Å². The van der Waals surface area contributed by atoms with Crippen LogP contribution < -0.4 is 4.74 Å². The Kier molecular flexibility index (Phi) is 2.73. The second-order valence-corrected chi connectivity index (χ2v) is 3.79. The Morgan fingerprint density at radius 2 is 2.21 bits per heavy atom. The maximum absolute atomic E-state index is 5.79. The number of methoxy groups -OCH3 is 1. The lowest BCUT2D eigenvalue weighted by molar-refractivity contribution is 0.0554. The Labute approximate surface area is 84.8 Å². The van der Waals surface area contributed by atoms with Crippen LogP contribution in [0.4, 0.5) is 0 Å². The Bertz CT molecular complexity index is 309. The molecule has 2 rings (SSSR count). The first kappa shape index (κ1) is 9.53. The highest BCUT2D eigenvalue weighted by Crippen LogP contribution is 2.33. The number of hydrogen-bond acceptors (Lipinski definition) is 2. The summed E-state index contributed by atoms with van der Waals surface area (Å²) in [4.78, 5) is 0. The largest absolute Gasteiger partial charge is 0.497 e. The minimum absolute atomic E-state index is 0.264. The van der Waals surface area contributed by atoms with E-state index in [0.717, 1.165) is 18.6 Å². The van der Waals surface area contributed by atoms with E-state index < -0.39 is 0 Å². The molecular formula is C12H16O2. The summed E-state index contributed by atoms with van der Waals surface area (Å²) < 4.78 is 11.0. The summed E-state index contributed by atoms with van der Waals surface area (Å²) in [5.41, 5.74) is 1.23. The summed E-state index contributed by atoms with van der Waals surface area (Å²) in [5, 5.41) is 0. The monoisotopic (exact) mass is 192 g/mol. The summed E-state index contributed by atoms with van der Waals surface area (Å²) in [6.07, 6.45) is 2.93. The van der Waals surface area contributed by atoms with Gasteiger partial charge in [-0.1, -0.05) is 12.1 Å². The first-order chi connectivity index (χ1) is 6.79. The maximum atomic E-state index is 5.79. The van der Waals surface area contributed by atoms with Crippen molar-refractivity contribution in [2.24, 2.45) is 0 Å². The zero-order valence-electron chi connectivity index (χ0n) is 8.69. The fourth-order valence-electron chi connectivity index (χ4n) is 1.89. The molecule has 0 amide bonds. The van der Waals surface area contributed by atoms with Crippen LogP contribution in [-0.2, 0) is 4.74 Å². The van der Waals surface area contributed by atoms with Crippen molar-refractivity contribution in [3.8, 4) is 5.75 Å². The van der Waals surface area contributed by atoms with Gasteiger partial charge < -0.3 is 9.47 Å². The summed E-state index contributed by atoms with van der Waals surface area (Å²) in [5.74, 6) is 0.908. The van der Waals surface area contributed by atoms with Gasteiger partial charge in [0.15, 0.2) is 0 Å². The topological polar surface area (TPSA) is 18.5 Å². The van der Waals surface area contributed by atoms with E-state index in [2.05, 4.69) is 19.1 Å². The lowest BCUT2D eigenvalue weighted by atomic mass is 10.1. The van der Waals surface area contributed by atoms with Crippen molar-refractivity contribution >= 4 is 0 Å². The van der Waals surface area contributed by atoms with Crippen molar-refractivity contribution in [3.63, 3.8) is 0 Å². The number of ether oxygens (including phenoxy) is 2. The van der Waals surface area contributed by atoms with Crippen LogP contribution in [0.2, 0.25) is 0 Å². The molecule has 2 atom stereocenters. The standard InChI is InChI=1S/C12H16O2/c1-9-6-7-12(14-9)10-4-3-5-11(8-10)13-2/h3-5,8-9,12H,6-7H2,1-2H3. The Morgan fingerprint density at radius 1 is 1.36 bits per heavy atom. The van der Waals surface area contributed by atoms with Crippen LogP contribution in [0.5, 0.6) is 5.75 Å². The second-order valence-electron chi connectivity index (χ2n) is 3.79. The zero-order chi connectivity index (χ0) is 9.97. The normalized spacial score (nSPS) is 26.4. The number of rotatable bonds is 2. The Hall–Kier alpha value is -1.02. The van der Waals surface area contributed by atoms with Gasteiger partial charge in [-0.2, -0.15) is 0 Å². The quantitative estimate of drug-likeness (QED) is 0.717. The molecule has 1 saturated heterocycles. The second kappa shape index (κ2) is 4.01. The molecule has 0 aromatic heterocycles. The van der Waals surface area contributed by atoms with Gasteiger partial charge in [-0.05, 0) is 37.5 Å². The van der Waals surface area contributed by atoms with Crippen LogP contribution in [0, 0.1) is 0 Å². The van der Waals surface area contributed by atoms with Gasteiger partial charge in [0, 0.05) is 0 Å². The van der Waals surface area contributed by atoms with Crippen LogP contribution in [0.15, 0.2) is 24.3 Å². The number of benzene rings is 1. The van der Waals surface area contributed by atoms with Gasteiger partial charge in [0.25, 0.3) is 0 Å². The Balaban J connectivity index is 2.15. The molecule has 1 aromatic rings. The van der Waals surface area contributed by atoms with Crippen molar-refractivity contribution in [3.05, 3.63) is 29.8 Å². The predicted molar refractivity (Wildman–Crippen MR) is 55.5 cm³/mol. The highest BCUT2D eigenvalue weighted by Gasteiger charge is 2.23. The zero-order valence-corrected chi connectivity index (χ0v) is 8.69. The molecule has 1 heterocycles. The number of hydrogen-bond donors (Lipinski definition) is 0. The van der Waals surface area contributed by atoms with Crippen LogP contribution >= 0.6 is 0 Å². The van der Waals surface area contributed by atoms with E-state index in [1.54, 1.807) is 7.11 Å². The van der Waals surface area contributed by atoms with Crippen LogP contribution in [-0.4, -0.2) is 13.2 Å². The van der Waals surface area contributed by atoms with E-state index >= 15 is 0 Å². The third-order valence-electron chi connectivity index (χ3n) is 2.70. The summed E-state index contributed by atoms with van der Waals surface area (Å²) in [6, 6.07) is 8.14. The van der Waals surface area contributed by atoms with E-state index in [-0.39, 0.29) is 6.10 Å².